The average Bonchev–Trinajstić information content (AvgIpc) is 3.22. The summed E-state index contributed by atoms with van der Waals surface area (Å²) in [6, 6.07) is 21.8. The van der Waals surface area contributed by atoms with Gasteiger partial charge in [-0.05, 0) is 67.3 Å². The first-order valence-corrected chi connectivity index (χ1v) is 11.7. The second-order valence-corrected chi connectivity index (χ2v) is 9.97. The van der Waals surface area contributed by atoms with Crippen molar-refractivity contribution in [3.05, 3.63) is 95.1 Å². The highest BCUT2D eigenvalue weighted by Gasteiger charge is 2.29. The van der Waals surface area contributed by atoms with Gasteiger partial charge in [-0.15, -0.1) is 0 Å². The van der Waals surface area contributed by atoms with Crippen LogP contribution in [0.25, 0.3) is 0 Å². The molecule has 0 aliphatic heterocycles. The molecule has 0 bridgehead atoms. The van der Waals surface area contributed by atoms with Gasteiger partial charge < -0.3 is 4.90 Å². The summed E-state index contributed by atoms with van der Waals surface area (Å²) < 4.78 is 27.1. The Kier molecular flexibility index (Phi) is 5.58. The van der Waals surface area contributed by atoms with Crippen LogP contribution in [-0.2, 0) is 16.4 Å². The van der Waals surface area contributed by atoms with Crippen molar-refractivity contribution in [2.45, 2.75) is 30.7 Å². The van der Waals surface area contributed by atoms with Crippen molar-refractivity contribution in [3.8, 4) is 0 Å². The highest BCUT2D eigenvalue weighted by molar-refractivity contribution is 7.92. The summed E-state index contributed by atoms with van der Waals surface area (Å²) in [5.74, 6) is -0.0719. The summed E-state index contributed by atoms with van der Waals surface area (Å²) in [6.07, 6.45) is 1.89. The van der Waals surface area contributed by atoms with Gasteiger partial charge in [0.2, 0.25) is 0 Å². The van der Waals surface area contributed by atoms with Crippen molar-refractivity contribution >= 4 is 21.6 Å². The Bertz CT molecular complexity index is 1200. The molecular weight excluding hydrogens is 408 g/mol. The average molecular weight is 435 g/mol. The fraction of sp³-hybridized carbons (Fsp3) is 0.240. The van der Waals surface area contributed by atoms with Crippen molar-refractivity contribution in [2.75, 3.05) is 18.4 Å². The van der Waals surface area contributed by atoms with E-state index in [2.05, 4.69) is 12.1 Å². The molecule has 1 unspecified atom stereocenters. The summed E-state index contributed by atoms with van der Waals surface area (Å²) in [4.78, 5) is 15.1. The molecule has 3 aromatic rings. The zero-order chi connectivity index (χ0) is 22.2. The number of hydrogen-bond donors (Lipinski definition) is 0. The van der Waals surface area contributed by atoms with Crippen LogP contribution in [0.2, 0.25) is 0 Å². The van der Waals surface area contributed by atoms with E-state index in [-0.39, 0.29) is 16.8 Å². The molecule has 0 fully saturated rings. The minimum Gasteiger partial charge on any atom is -0.335 e. The van der Waals surface area contributed by atoms with Gasteiger partial charge in [0.25, 0.3) is 15.9 Å². The zero-order valence-corrected chi connectivity index (χ0v) is 18.8. The standard InChI is InChI=1S/C25H26N2O3S/c1-18-8-15-22(16-9-18)31(29,30)27(3)21-13-10-20(11-14-21)25(28)26(2)24-17-12-19-6-4-5-7-23(19)24/h4-11,13-16,24H,12,17H2,1-3H3. The molecule has 0 saturated carbocycles. The molecule has 6 heteroatoms. The van der Waals surface area contributed by atoms with Crippen molar-refractivity contribution < 1.29 is 13.2 Å². The maximum atomic E-state index is 13.1. The molecule has 3 aromatic carbocycles. The lowest BCUT2D eigenvalue weighted by atomic mass is 10.1. The largest absolute Gasteiger partial charge is 0.335 e. The van der Waals surface area contributed by atoms with Gasteiger partial charge in [-0.1, -0.05) is 42.0 Å². The summed E-state index contributed by atoms with van der Waals surface area (Å²) >= 11 is 0. The molecule has 0 spiro atoms. The van der Waals surface area contributed by atoms with Crippen LogP contribution in [0.1, 0.15) is 39.5 Å². The zero-order valence-electron chi connectivity index (χ0n) is 17.9. The van der Waals surface area contributed by atoms with E-state index >= 15 is 0 Å². The Morgan fingerprint density at radius 3 is 2.23 bits per heavy atom. The normalized spacial score (nSPS) is 15.4. The fourth-order valence-corrected chi connectivity index (χ4v) is 5.30. The van der Waals surface area contributed by atoms with E-state index in [0.717, 1.165) is 18.4 Å². The molecule has 1 atom stereocenters. The Labute approximate surface area is 184 Å². The molecule has 4 rings (SSSR count). The Morgan fingerprint density at radius 2 is 1.55 bits per heavy atom. The van der Waals surface area contributed by atoms with Gasteiger partial charge in [0, 0.05) is 19.7 Å². The molecule has 0 aromatic heterocycles. The molecule has 1 aliphatic carbocycles. The van der Waals surface area contributed by atoms with Gasteiger partial charge in [0.15, 0.2) is 0 Å². The lowest BCUT2D eigenvalue weighted by Crippen LogP contribution is -2.30. The highest BCUT2D eigenvalue weighted by Crippen LogP contribution is 2.35. The van der Waals surface area contributed by atoms with E-state index in [4.69, 9.17) is 0 Å². The predicted molar refractivity (Wildman–Crippen MR) is 123 cm³/mol. The molecule has 0 heterocycles. The second kappa shape index (κ2) is 8.19. The quantitative estimate of drug-likeness (QED) is 0.591. The third kappa shape index (κ3) is 3.95. The van der Waals surface area contributed by atoms with Crippen LogP contribution in [0.4, 0.5) is 5.69 Å². The molecule has 0 N–H and O–H groups in total. The number of aryl methyl sites for hydroxylation is 2. The summed E-state index contributed by atoms with van der Waals surface area (Å²) in [7, 11) is -0.315. The van der Waals surface area contributed by atoms with Crippen LogP contribution in [0.3, 0.4) is 0 Å². The monoisotopic (exact) mass is 434 g/mol. The van der Waals surface area contributed by atoms with E-state index in [9.17, 15) is 13.2 Å². The van der Waals surface area contributed by atoms with Crippen LogP contribution in [0.5, 0.6) is 0 Å². The molecule has 160 valence electrons. The number of fused-ring (bicyclic) bond motifs is 1. The molecule has 1 amide bonds. The van der Waals surface area contributed by atoms with Gasteiger partial charge >= 0.3 is 0 Å². The van der Waals surface area contributed by atoms with Crippen molar-refractivity contribution in [1.82, 2.24) is 4.90 Å². The molecular formula is C25H26N2O3S. The first-order valence-electron chi connectivity index (χ1n) is 10.3. The van der Waals surface area contributed by atoms with Gasteiger partial charge in [0.1, 0.15) is 0 Å². The van der Waals surface area contributed by atoms with E-state index in [1.165, 1.54) is 22.5 Å². The number of anilines is 1. The second-order valence-electron chi connectivity index (χ2n) is 8.00. The first-order chi connectivity index (χ1) is 14.8. The van der Waals surface area contributed by atoms with Crippen molar-refractivity contribution in [2.24, 2.45) is 0 Å². The lowest BCUT2D eigenvalue weighted by molar-refractivity contribution is 0.0730. The third-order valence-electron chi connectivity index (χ3n) is 6.05. The Balaban J connectivity index is 1.52. The minimum absolute atomic E-state index is 0.0629. The molecule has 5 nitrogen and oxygen atoms in total. The van der Waals surface area contributed by atoms with Crippen LogP contribution in [0, 0.1) is 6.92 Å². The summed E-state index contributed by atoms with van der Waals surface area (Å²) in [6.45, 7) is 1.91. The van der Waals surface area contributed by atoms with Crippen LogP contribution in [0.15, 0.2) is 77.7 Å². The first kappa shape index (κ1) is 21.1. The number of amides is 1. The van der Waals surface area contributed by atoms with Crippen LogP contribution in [-0.4, -0.2) is 33.3 Å². The van der Waals surface area contributed by atoms with E-state index in [1.54, 1.807) is 53.4 Å². The molecule has 0 radical (unpaired) electrons. The lowest BCUT2D eigenvalue weighted by Gasteiger charge is -2.26. The highest BCUT2D eigenvalue weighted by atomic mass is 32.2. The summed E-state index contributed by atoms with van der Waals surface area (Å²) in [5.41, 5.74) is 4.55. The molecule has 31 heavy (non-hydrogen) atoms. The van der Waals surface area contributed by atoms with Crippen LogP contribution < -0.4 is 4.31 Å². The van der Waals surface area contributed by atoms with Crippen LogP contribution >= 0.6 is 0 Å². The van der Waals surface area contributed by atoms with Crippen molar-refractivity contribution in [3.63, 3.8) is 0 Å². The predicted octanol–water partition coefficient (Wildman–Crippen LogP) is 4.58. The fourth-order valence-electron chi connectivity index (χ4n) is 4.10. The number of hydrogen-bond acceptors (Lipinski definition) is 3. The molecule has 1 aliphatic rings. The number of carbonyl (C=O) groups is 1. The third-order valence-corrected chi connectivity index (χ3v) is 7.85. The maximum Gasteiger partial charge on any atom is 0.264 e. The molecule has 0 saturated heterocycles. The number of carbonyl (C=O) groups excluding carboxylic acids is 1. The number of sulfonamides is 1. The van der Waals surface area contributed by atoms with E-state index in [0.29, 0.717) is 11.3 Å². The van der Waals surface area contributed by atoms with Gasteiger partial charge in [-0.25, -0.2) is 8.42 Å². The SMILES string of the molecule is Cc1ccc(S(=O)(=O)N(C)c2ccc(C(=O)N(C)C3CCc4ccccc43)cc2)cc1. The maximum absolute atomic E-state index is 13.1. The number of benzene rings is 3. The number of nitrogens with zero attached hydrogens (tertiary/aromatic N) is 2. The smallest absolute Gasteiger partial charge is 0.264 e. The van der Waals surface area contributed by atoms with E-state index in [1.807, 2.05) is 26.1 Å². The van der Waals surface area contributed by atoms with Gasteiger partial charge in [-0.2, -0.15) is 0 Å². The van der Waals surface area contributed by atoms with Gasteiger partial charge in [0.05, 0.1) is 16.6 Å². The Morgan fingerprint density at radius 1 is 0.903 bits per heavy atom. The van der Waals surface area contributed by atoms with E-state index < -0.39 is 10.0 Å². The van der Waals surface area contributed by atoms with Gasteiger partial charge in [-0.3, -0.25) is 9.10 Å². The minimum atomic E-state index is -3.67. The topological polar surface area (TPSA) is 57.7 Å². The number of rotatable bonds is 5. The summed E-state index contributed by atoms with van der Waals surface area (Å²) in [5, 5.41) is 0. The van der Waals surface area contributed by atoms with Crippen molar-refractivity contribution in [1.29, 1.82) is 0 Å². The Hall–Kier alpha value is -3.12.